The van der Waals surface area contributed by atoms with Crippen molar-refractivity contribution in [2.45, 2.75) is 26.2 Å². The van der Waals surface area contributed by atoms with Gasteiger partial charge in [0.2, 0.25) is 0 Å². The number of aromatic nitrogens is 5. The molecule has 0 bridgehead atoms. The number of aryl methyl sites for hydroxylation is 1. The fraction of sp³-hybridized carbons (Fsp3) is 0.500. The molecule has 25 heavy (non-hydrogen) atoms. The van der Waals surface area contributed by atoms with Crippen molar-refractivity contribution in [2.75, 3.05) is 36.0 Å². The van der Waals surface area contributed by atoms with E-state index in [0.29, 0.717) is 0 Å². The fourth-order valence-electron chi connectivity index (χ4n) is 3.27. The Balaban J connectivity index is 1.57. The van der Waals surface area contributed by atoms with Crippen LogP contribution < -0.4 is 9.80 Å². The van der Waals surface area contributed by atoms with Crippen LogP contribution in [0, 0.1) is 0 Å². The van der Waals surface area contributed by atoms with Gasteiger partial charge in [-0.05, 0) is 6.07 Å². The van der Waals surface area contributed by atoms with Gasteiger partial charge in [0.1, 0.15) is 5.52 Å². The van der Waals surface area contributed by atoms with Crippen LogP contribution in [0.5, 0.6) is 0 Å². The molecular formula is C18H25N7. The Labute approximate surface area is 147 Å². The van der Waals surface area contributed by atoms with Gasteiger partial charge in [-0.1, -0.05) is 20.8 Å². The number of hydrogen-bond donors (Lipinski definition) is 0. The minimum atomic E-state index is 0.0301. The molecule has 0 amide bonds. The zero-order valence-electron chi connectivity index (χ0n) is 15.3. The predicted octanol–water partition coefficient (Wildman–Crippen LogP) is 2.09. The van der Waals surface area contributed by atoms with Crippen molar-refractivity contribution in [3.63, 3.8) is 0 Å². The summed E-state index contributed by atoms with van der Waals surface area (Å²) < 4.78 is 3.81. The molecule has 0 atom stereocenters. The molecule has 1 fully saturated rings. The number of hydrogen-bond acceptors (Lipinski definition) is 5. The van der Waals surface area contributed by atoms with Crippen LogP contribution in [0.3, 0.4) is 0 Å². The monoisotopic (exact) mass is 339 g/mol. The number of anilines is 2. The maximum Gasteiger partial charge on any atom is 0.154 e. The molecule has 3 aromatic heterocycles. The highest BCUT2D eigenvalue weighted by Gasteiger charge is 2.23. The Morgan fingerprint density at radius 3 is 2.40 bits per heavy atom. The average Bonchev–Trinajstić information content (AvgIpc) is 3.20. The molecular weight excluding hydrogens is 314 g/mol. The van der Waals surface area contributed by atoms with Crippen LogP contribution in [-0.4, -0.2) is 50.6 Å². The summed E-state index contributed by atoms with van der Waals surface area (Å²) in [7, 11) is 1.96. The molecule has 0 aliphatic carbocycles. The Bertz CT molecular complexity index is 878. The van der Waals surface area contributed by atoms with E-state index in [0.717, 1.165) is 43.2 Å². The Kier molecular flexibility index (Phi) is 3.67. The molecule has 0 unspecified atom stereocenters. The Hall–Kier alpha value is -2.57. The van der Waals surface area contributed by atoms with Gasteiger partial charge in [-0.25, -0.2) is 9.50 Å². The SMILES string of the molecule is Cn1cc(N2CCN(c3nccn4nc(C(C)(C)C)cc34)CC2)cn1. The zero-order chi connectivity index (χ0) is 17.6. The van der Waals surface area contributed by atoms with Crippen LogP contribution in [0.15, 0.2) is 30.9 Å². The molecule has 3 aromatic rings. The summed E-state index contributed by atoms with van der Waals surface area (Å²) in [5.41, 5.74) is 3.40. The van der Waals surface area contributed by atoms with Crippen LogP contribution in [0.4, 0.5) is 11.5 Å². The van der Waals surface area contributed by atoms with E-state index in [9.17, 15) is 0 Å². The summed E-state index contributed by atoms with van der Waals surface area (Å²) in [6.07, 6.45) is 7.78. The van der Waals surface area contributed by atoms with Gasteiger partial charge in [-0.2, -0.15) is 10.2 Å². The molecule has 0 N–H and O–H groups in total. The molecule has 1 aliphatic heterocycles. The molecule has 0 saturated carbocycles. The van der Waals surface area contributed by atoms with E-state index in [-0.39, 0.29) is 5.41 Å². The van der Waals surface area contributed by atoms with Crippen molar-refractivity contribution in [2.24, 2.45) is 7.05 Å². The lowest BCUT2D eigenvalue weighted by molar-refractivity contribution is 0.562. The lowest BCUT2D eigenvalue weighted by atomic mass is 9.92. The summed E-state index contributed by atoms with van der Waals surface area (Å²) in [4.78, 5) is 9.39. The molecule has 4 rings (SSSR count). The van der Waals surface area contributed by atoms with Crippen LogP contribution in [0.25, 0.3) is 5.52 Å². The largest absolute Gasteiger partial charge is 0.365 e. The van der Waals surface area contributed by atoms with E-state index in [1.54, 1.807) is 0 Å². The van der Waals surface area contributed by atoms with Gasteiger partial charge < -0.3 is 9.80 Å². The second-order valence-electron chi connectivity index (χ2n) is 7.71. The highest BCUT2D eigenvalue weighted by atomic mass is 15.3. The average molecular weight is 339 g/mol. The van der Waals surface area contributed by atoms with E-state index >= 15 is 0 Å². The smallest absolute Gasteiger partial charge is 0.154 e. The Morgan fingerprint density at radius 2 is 1.76 bits per heavy atom. The summed E-state index contributed by atoms with van der Waals surface area (Å²) in [6, 6.07) is 2.18. The number of nitrogens with zero attached hydrogens (tertiary/aromatic N) is 7. The van der Waals surface area contributed by atoms with Gasteiger partial charge in [0.15, 0.2) is 5.82 Å². The molecule has 0 radical (unpaired) electrons. The summed E-state index contributed by atoms with van der Waals surface area (Å²) in [5.74, 6) is 1.02. The first-order valence-corrected chi connectivity index (χ1v) is 8.75. The van der Waals surface area contributed by atoms with Crippen LogP contribution in [0.1, 0.15) is 26.5 Å². The highest BCUT2D eigenvalue weighted by molar-refractivity contribution is 5.70. The third kappa shape index (κ3) is 2.94. The van der Waals surface area contributed by atoms with Gasteiger partial charge in [-0.3, -0.25) is 4.68 Å². The van der Waals surface area contributed by atoms with Crippen molar-refractivity contribution in [3.8, 4) is 0 Å². The second-order valence-corrected chi connectivity index (χ2v) is 7.71. The molecule has 132 valence electrons. The first-order valence-electron chi connectivity index (χ1n) is 8.75. The van der Waals surface area contributed by atoms with Crippen molar-refractivity contribution in [3.05, 3.63) is 36.5 Å². The topological polar surface area (TPSA) is 54.5 Å². The van der Waals surface area contributed by atoms with Crippen molar-refractivity contribution in [1.29, 1.82) is 0 Å². The van der Waals surface area contributed by atoms with Crippen molar-refractivity contribution >= 4 is 17.0 Å². The van der Waals surface area contributed by atoms with E-state index in [4.69, 9.17) is 5.10 Å². The van der Waals surface area contributed by atoms with Crippen LogP contribution in [0.2, 0.25) is 0 Å². The molecule has 7 heteroatoms. The fourth-order valence-corrected chi connectivity index (χ4v) is 3.27. The van der Waals surface area contributed by atoms with Gasteiger partial charge in [0, 0.05) is 57.2 Å². The van der Waals surface area contributed by atoms with Crippen LogP contribution >= 0.6 is 0 Å². The molecule has 0 aromatic carbocycles. The third-order valence-corrected chi connectivity index (χ3v) is 4.77. The van der Waals surface area contributed by atoms with Crippen LogP contribution in [-0.2, 0) is 12.5 Å². The number of piperazine rings is 1. The molecule has 7 nitrogen and oxygen atoms in total. The first kappa shape index (κ1) is 15.9. The van der Waals surface area contributed by atoms with Gasteiger partial charge in [0.05, 0.1) is 17.6 Å². The second kappa shape index (κ2) is 5.75. The normalized spacial score (nSPS) is 16.0. The summed E-state index contributed by atoms with van der Waals surface area (Å²) >= 11 is 0. The standard InChI is InChI=1S/C18H25N7/c1-18(2,3)16-11-15-17(19-5-6-25(15)21-16)24-9-7-23(8-10-24)14-12-20-22(4)13-14/h5-6,11-13H,7-10H2,1-4H3. The van der Waals surface area contributed by atoms with Crippen molar-refractivity contribution in [1.82, 2.24) is 24.4 Å². The highest BCUT2D eigenvalue weighted by Crippen LogP contribution is 2.27. The molecule has 1 saturated heterocycles. The lowest BCUT2D eigenvalue weighted by Crippen LogP contribution is -2.46. The maximum atomic E-state index is 4.73. The van der Waals surface area contributed by atoms with E-state index in [1.807, 2.05) is 34.8 Å². The maximum absolute atomic E-state index is 4.73. The quantitative estimate of drug-likeness (QED) is 0.715. The summed E-state index contributed by atoms with van der Waals surface area (Å²) in [6.45, 7) is 10.4. The van der Waals surface area contributed by atoms with E-state index < -0.39 is 0 Å². The van der Waals surface area contributed by atoms with E-state index in [2.05, 4.69) is 52.9 Å². The van der Waals surface area contributed by atoms with E-state index in [1.165, 1.54) is 5.69 Å². The number of fused-ring (bicyclic) bond motifs is 1. The van der Waals surface area contributed by atoms with Crippen molar-refractivity contribution < 1.29 is 0 Å². The Morgan fingerprint density at radius 1 is 1.04 bits per heavy atom. The minimum Gasteiger partial charge on any atom is -0.365 e. The molecule has 0 spiro atoms. The predicted molar refractivity (Wildman–Crippen MR) is 99.3 cm³/mol. The minimum absolute atomic E-state index is 0.0301. The van der Waals surface area contributed by atoms with Gasteiger partial charge in [0.25, 0.3) is 0 Å². The molecule has 4 heterocycles. The molecule has 1 aliphatic rings. The first-order chi connectivity index (χ1) is 11.9. The summed E-state index contributed by atoms with van der Waals surface area (Å²) in [5, 5.41) is 9.01. The van der Waals surface area contributed by atoms with Gasteiger partial charge >= 0.3 is 0 Å². The van der Waals surface area contributed by atoms with Gasteiger partial charge in [-0.15, -0.1) is 0 Å². The number of rotatable bonds is 2. The lowest BCUT2D eigenvalue weighted by Gasteiger charge is -2.36. The third-order valence-electron chi connectivity index (χ3n) is 4.77. The zero-order valence-corrected chi connectivity index (χ0v) is 15.3.